The number of benzene rings is 1. The van der Waals surface area contributed by atoms with Crippen molar-refractivity contribution in [3.8, 4) is 0 Å². The van der Waals surface area contributed by atoms with Gasteiger partial charge in [-0.15, -0.1) is 0 Å². The molecular formula is C18H30N2. The zero-order chi connectivity index (χ0) is 14.6. The Morgan fingerprint density at radius 2 is 1.70 bits per heavy atom. The molecule has 0 heterocycles. The molecule has 1 aromatic rings. The van der Waals surface area contributed by atoms with Crippen LogP contribution in [0.1, 0.15) is 51.5 Å². The molecule has 1 aliphatic rings. The van der Waals surface area contributed by atoms with E-state index >= 15 is 0 Å². The van der Waals surface area contributed by atoms with Gasteiger partial charge in [0.2, 0.25) is 0 Å². The van der Waals surface area contributed by atoms with Crippen LogP contribution in [0.5, 0.6) is 0 Å². The van der Waals surface area contributed by atoms with Crippen LogP contribution in [0.4, 0.5) is 5.69 Å². The maximum Gasteiger partial charge on any atom is 0.0314 e. The van der Waals surface area contributed by atoms with Crippen molar-refractivity contribution < 1.29 is 0 Å². The predicted octanol–water partition coefficient (Wildman–Crippen LogP) is 4.06. The van der Waals surface area contributed by atoms with E-state index in [2.05, 4.69) is 37.9 Å². The SMILES string of the molecule is CN(CC1CCCCC1)CC(C)(C)c1ccc(N)cc1. The van der Waals surface area contributed by atoms with E-state index in [0.717, 1.165) is 18.2 Å². The Bertz CT molecular complexity index is 402. The first-order valence-corrected chi connectivity index (χ1v) is 8.02. The number of rotatable bonds is 5. The second-order valence-corrected chi connectivity index (χ2v) is 7.21. The lowest BCUT2D eigenvalue weighted by molar-refractivity contribution is 0.203. The van der Waals surface area contributed by atoms with E-state index in [1.807, 2.05) is 12.1 Å². The summed E-state index contributed by atoms with van der Waals surface area (Å²) in [4.78, 5) is 2.52. The van der Waals surface area contributed by atoms with Crippen LogP contribution >= 0.6 is 0 Å². The van der Waals surface area contributed by atoms with Crippen molar-refractivity contribution in [3.63, 3.8) is 0 Å². The smallest absolute Gasteiger partial charge is 0.0314 e. The van der Waals surface area contributed by atoms with Gasteiger partial charge in [-0.2, -0.15) is 0 Å². The lowest BCUT2D eigenvalue weighted by Crippen LogP contribution is -2.37. The molecule has 0 radical (unpaired) electrons. The van der Waals surface area contributed by atoms with Crippen LogP contribution in [0.25, 0.3) is 0 Å². The van der Waals surface area contributed by atoms with E-state index in [1.54, 1.807) is 0 Å². The van der Waals surface area contributed by atoms with Gasteiger partial charge in [-0.1, -0.05) is 45.2 Å². The summed E-state index contributed by atoms with van der Waals surface area (Å²) in [5.74, 6) is 0.913. The van der Waals surface area contributed by atoms with Crippen LogP contribution in [-0.2, 0) is 5.41 Å². The second-order valence-electron chi connectivity index (χ2n) is 7.21. The highest BCUT2D eigenvalue weighted by atomic mass is 15.1. The normalized spacial score (nSPS) is 17.6. The quantitative estimate of drug-likeness (QED) is 0.820. The van der Waals surface area contributed by atoms with Gasteiger partial charge in [0.25, 0.3) is 0 Å². The summed E-state index contributed by atoms with van der Waals surface area (Å²) in [5, 5.41) is 0. The summed E-state index contributed by atoms with van der Waals surface area (Å²) >= 11 is 0. The van der Waals surface area contributed by atoms with Crippen LogP contribution in [0.15, 0.2) is 24.3 Å². The molecule has 1 fully saturated rings. The van der Waals surface area contributed by atoms with Crippen LogP contribution in [0, 0.1) is 5.92 Å². The van der Waals surface area contributed by atoms with E-state index in [-0.39, 0.29) is 5.41 Å². The molecule has 0 bridgehead atoms. The van der Waals surface area contributed by atoms with Crippen LogP contribution in [-0.4, -0.2) is 25.0 Å². The van der Waals surface area contributed by atoms with Gasteiger partial charge < -0.3 is 10.6 Å². The van der Waals surface area contributed by atoms with Crippen molar-refractivity contribution in [2.24, 2.45) is 5.92 Å². The van der Waals surface area contributed by atoms with Crippen LogP contribution < -0.4 is 5.73 Å². The largest absolute Gasteiger partial charge is 0.399 e. The molecule has 0 amide bonds. The monoisotopic (exact) mass is 274 g/mol. The van der Waals surface area contributed by atoms with Gasteiger partial charge in [0.15, 0.2) is 0 Å². The number of nitrogens with two attached hydrogens (primary N) is 1. The topological polar surface area (TPSA) is 29.3 Å². The van der Waals surface area contributed by atoms with Gasteiger partial charge in [0.1, 0.15) is 0 Å². The average Bonchev–Trinajstić information content (AvgIpc) is 2.39. The Morgan fingerprint density at radius 1 is 1.10 bits per heavy atom. The molecule has 20 heavy (non-hydrogen) atoms. The average molecular weight is 274 g/mol. The lowest BCUT2D eigenvalue weighted by Gasteiger charge is -2.34. The predicted molar refractivity (Wildman–Crippen MR) is 88.0 cm³/mol. The number of likely N-dealkylation sites (N-methyl/N-ethyl adjacent to an activating group) is 1. The van der Waals surface area contributed by atoms with Crippen molar-refractivity contribution >= 4 is 5.69 Å². The lowest BCUT2D eigenvalue weighted by atomic mass is 9.83. The van der Waals surface area contributed by atoms with E-state index in [1.165, 1.54) is 44.2 Å². The van der Waals surface area contributed by atoms with Gasteiger partial charge in [0, 0.05) is 24.2 Å². The zero-order valence-corrected chi connectivity index (χ0v) is 13.4. The molecular weight excluding hydrogens is 244 g/mol. The fourth-order valence-corrected chi connectivity index (χ4v) is 3.58. The third-order valence-corrected chi connectivity index (χ3v) is 4.65. The summed E-state index contributed by atoms with van der Waals surface area (Å²) in [6, 6.07) is 8.37. The van der Waals surface area contributed by atoms with Gasteiger partial charge in [-0.3, -0.25) is 0 Å². The molecule has 2 rings (SSSR count). The first-order valence-electron chi connectivity index (χ1n) is 8.02. The van der Waals surface area contributed by atoms with Crippen molar-refractivity contribution in [2.45, 2.75) is 51.4 Å². The highest BCUT2D eigenvalue weighted by Gasteiger charge is 2.24. The van der Waals surface area contributed by atoms with Gasteiger partial charge in [0.05, 0.1) is 0 Å². The minimum atomic E-state index is 0.178. The fourth-order valence-electron chi connectivity index (χ4n) is 3.58. The number of nitrogen functional groups attached to an aromatic ring is 1. The molecule has 1 aromatic carbocycles. The second kappa shape index (κ2) is 6.62. The van der Waals surface area contributed by atoms with E-state index in [9.17, 15) is 0 Å². The molecule has 1 aliphatic carbocycles. The molecule has 0 aliphatic heterocycles. The van der Waals surface area contributed by atoms with Crippen molar-refractivity contribution in [1.29, 1.82) is 0 Å². The fraction of sp³-hybridized carbons (Fsp3) is 0.667. The Kier molecular flexibility index (Phi) is 5.09. The van der Waals surface area contributed by atoms with Crippen molar-refractivity contribution in [2.75, 3.05) is 25.9 Å². The standard InChI is InChI=1S/C18H30N2/c1-18(2,16-9-11-17(19)12-10-16)14-20(3)13-15-7-5-4-6-8-15/h9-12,15H,4-8,13-14,19H2,1-3H3. The zero-order valence-electron chi connectivity index (χ0n) is 13.4. The molecule has 0 saturated heterocycles. The van der Waals surface area contributed by atoms with Gasteiger partial charge >= 0.3 is 0 Å². The first kappa shape index (κ1) is 15.4. The highest BCUT2D eigenvalue weighted by Crippen LogP contribution is 2.27. The van der Waals surface area contributed by atoms with Gasteiger partial charge in [-0.25, -0.2) is 0 Å². The molecule has 0 unspecified atom stereocenters. The third-order valence-electron chi connectivity index (χ3n) is 4.65. The molecule has 2 N–H and O–H groups in total. The number of nitrogens with zero attached hydrogens (tertiary/aromatic N) is 1. The van der Waals surface area contributed by atoms with E-state index in [4.69, 9.17) is 5.73 Å². The Labute approximate surface area is 124 Å². The summed E-state index contributed by atoms with van der Waals surface area (Å²) < 4.78 is 0. The minimum Gasteiger partial charge on any atom is -0.399 e. The highest BCUT2D eigenvalue weighted by molar-refractivity contribution is 5.41. The van der Waals surface area contributed by atoms with Crippen molar-refractivity contribution in [1.82, 2.24) is 4.90 Å². The molecule has 2 nitrogen and oxygen atoms in total. The Hall–Kier alpha value is -1.02. The molecule has 112 valence electrons. The summed E-state index contributed by atoms with van der Waals surface area (Å²) in [7, 11) is 2.27. The molecule has 1 saturated carbocycles. The summed E-state index contributed by atoms with van der Waals surface area (Å²) in [6.45, 7) is 7.01. The molecule has 2 heteroatoms. The van der Waals surface area contributed by atoms with Gasteiger partial charge in [-0.05, 0) is 43.5 Å². The number of hydrogen-bond donors (Lipinski definition) is 1. The Morgan fingerprint density at radius 3 is 2.30 bits per heavy atom. The molecule has 0 atom stereocenters. The molecule has 0 spiro atoms. The number of anilines is 1. The maximum atomic E-state index is 5.78. The van der Waals surface area contributed by atoms with E-state index in [0.29, 0.717) is 0 Å². The Balaban J connectivity index is 1.91. The maximum absolute atomic E-state index is 5.78. The third kappa shape index (κ3) is 4.24. The number of hydrogen-bond acceptors (Lipinski definition) is 2. The first-order chi connectivity index (χ1) is 9.47. The molecule has 0 aromatic heterocycles. The minimum absolute atomic E-state index is 0.178. The van der Waals surface area contributed by atoms with Crippen molar-refractivity contribution in [3.05, 3.63) is 29.8 Å². The van der Waals surface area contributed by atoms with Crippen LogP contribution in [0.2, 0.25) is 0 Å². The summed E-state index contributed by atoms with van der Waals surface area (Å²) in [5.41, 5.74) is 8.19. The summed E-state index contributed by atoms with van der Waals surface area (Å²) in [6.07, 6.45) is 7.15. The van der Waals surface area contributed by atoms with E-state index < -0.39 is 0 Å². The van der Waals surface area contributed by atoms with Crippen LogP contribution in [0.3, 0.4) is 0 Å².